The van der Waals surface area contributed by atoms with Crippen LogP contribution in [0.2, 0.25) is 0 Å². The van der Waals surface area contributed by atoms with Crippen molar-refractivity contribution in [3.8, 4) is 0 Å². The summed E-state index contributed by atoms with van der Waals surface area (Å²) in [6, 6.07) is 0. The Balaban J connectivity index is -0.000000267. The summed E-state index contributed by atoms with van der Waals surface area (Å²) in [5.41, 5.74) is 16.3. The Hall–Kier alpha value is 0.480. The van der Waals surface area contributed by atoms with Gasteiger partial charge in [0.25, 0.3) is 0 Å². The number of hydrogen-bond acceptors (Lipinski definition) is 0. The van der Waals surface area contributed by atoms with Crippen molar-refractivity contribution in [1.82, 2.24) is 0 Å². The molecule has 0 aromatic rings. The first kappa shape index (κ1) is 20.0. The molecule has 5 heteroatoms. The van der Waals surface area contributed by atoms with Crippen molar-refractivity contribution in [3.05, 3.63) is 16.0 Å². The van der Waals surface area contributed by atoms with Crippen molar-refractivity contribution in [2.45, 2.75) is 58.5 Å². The molecule has 0 fully saturated rings. The van der Waals surface area contributed by atoms with Gasteiger partial charge in [-0.25, -0.2) is 0 Å². The Morgan fingerprint density at radius 2 is 0.929 bits per heavy atom. The molecular formula is C9H22AuN3P+. The fourth-order valence-corrected chi connectivity index (χ4v) is 6.00. The SMILES string of the molecule is CC(C)[PH+](C(C)C)C(C)C.[Au+].[N-]=[N+]=[N-]. The Morgan fingerprint density at radius 1 is 0.786 bits per heavy atom. The Morgan fingerprint density at radius 3 is 0.929 bits per heavy atom. The van der Waals surface area contributed by atoms with Crippen LogP contribution in [0.25, 0.3) is 16.0 Å². The third kappa shape index (κ3) is 10.6. The molecule has 0 amide bonds. The van der Waals surface area contributed by atoms with E-state index in [0.29, 0.717) is 0 Å². The van der Waals surface area contributed by atoms with Gasteiger partial charge in [0.05, 0.1) is 17.0 Å². The fraction of sp³-hybridized carbons (Fsp3) is 1.00. The van der Waals surface area contributed by atoms with E-state index in [1.54, 1.807) is 0 Å². The van der Waals surface area contributed by atoms with Crippen molar-refractivity contribution >= 4 is 7.92 Å². The second-order valence-electron chi connectivity index (χ2n) is 4.05. The van der Waals surface area contributed by atoms with Gasteiger partial charge in [0.2, 0.25) is 0 Å². The summed E-state index contributed by atoms with van der Waals surface area (Å²) in [5.74, 6) is 0. The first-order chi connectivity index (χ1) is 5.88. The molecule has 0 aliphatic heterocycles. The van der Waals surface area contributed by atoms with E-state index in [-0.39, 0.29) is 30.3 Å². The van der Waals surface area contributed by atoms with E-state index < -0.39 is 0 Å². The van der Waals surface area contributed by atoms with Crippen molar-refractivity contribution in [2.24, 2.45) is 0 Å². The number of rotatable bonds is 3. The molecule has 0 N–H and O–H groups in total. The van der Waals surface area contributed by atoms with E-state index in [0.717, 1.165) is 17.0 Å². The predicted molar refractivity (Wildman–Crippen MR) is 63.8 cm³/mol. The smallest absolute Gasteiger partial charge is 0.373 e. The molecule has 0 saturated carbocycles. The molecule has 0 spiro atoms. The summed E-state index contributed by atoms with van der Waals surface area (Å²) in [5, 5.41) is 0. The molecule has 88 valence electrons. The van der Waals surface area contributed by atoms with E-state index in [2.05, 4.69) is 41.5 Å². The summed E-state index contributed by atoms with van der Waals surface area (Å²) in [7, 11) is -0.0957. The topological polar surface area (TPSA) is 58.7 Å². The summed E-state index contributed by atoms with van der Waals surface area (Å²) in [6.45, 7) is 14.2. The van der Waals surface area contributed by atoms with Crippen LogP contribution in [-0.4, -0.2) is 17.0 Å². The Labute approximate surface area is 105 Å². The minimum absolute atomic E-state index is 0. The zero-order valence-corrected chi connectivity index (χ0v) is 13.0. The largest absolute Gasteiger partial charge is 1.00 e. The summed E-state index contributed by atoms with van der Waals surface area (Å²) < 4.78 is 0. The monoisotopic (exact) mass is 400 g/mol. The summed E-state index contributed by atoms with van der Waals surface area (Å²) >= 11 is 0. The molecule has 0 aromatic carbocycles. The quantitative estimate of drug-likeness (QED) is 0.223. The maximum absolute atomic E-state index is 6.75. The first-order valence-electron chi connectivity index (χ1n) is 4.73. The average molecular weight is 400 g/mol. The molecule has 0 saturated heterocycles. The normalized spacial score (nSPS) is 9.57. The van der Waals surface area contributed by atoms with E-state index in [4.69, 9.17) is 11.1 Å². The average Bonchev–Trinajstić information content (AvgIpc) is 1.84. The van der Waals surface area contributed by atoms with E-state index in [1.807, 2.05) is 0 Å². The van der Waals surface area contributed by atoms with E-state index in [1.165, 1.54) is 4.91 Å². The number of hydrogen-bond donors (Lipinski definition) is 0. The third-order valence-electron chi connectivity index (χ3n) is 2.00. The molecule has 0 unspecified atom stereocenters. The number of nitrogens with zero attached hydrogens (tertiary/aromatic N) is 3. The molecule has 0 rings (SSSR count). The van der Waals surface area contributed by atoms with Crippen LogP contribution in [0.3, 0.4) is 0 Å². The minimum atomic E-state index is -0.0957. The van der Waals surface area contributed by atoms with Crippen LogP contribution in [-0.2, 0) is 22.4 Å². The molecule has 0 heterocycles. The van der Waals surface area contributed by atoms with Gasteiger partial charge < -0.3 is 11.1 Å². The summed E-state index contributed by atoms with van der Waals surface area (Å²) in [6.07, 6.45) is 0. The molecule has 0 bridgehead atoms. The van der Waals surface area contributed by atoms with Crippen molar-refractivity contribution in [3.63, 3.8) is 0 Å². The molecule has 3 nitrogen and oxygen atoms in total. The minimum Gasteiger partial charge on any atom is -0.373 e. The predicted octanol–water partition coefficient (Wildman–Crippen LogP) is 4.29. The van der Waals surface area contributed by atoms with Gasteiger partial charge in [0, 0.05) is 7.92 Å². The van der Waals surface area contributed by atoms with Crippen molar-refractivity contribution in [2.75, 3.05) is 0 Å². The van der Waals surface area contributed by atoms with Crippen LogP contribution in [0.5, 0.6) is 0 Å². The molecule has 14 heavy (non-hydrogen) atoms. The standard InChI is InChI=1S/C9H21P.Au.N3/c1-7(2)10(8(3)4)9(5)6;;1-3-2/h7-9H,1-6H3;;/q;+1;-1/p+1. The van der Waals surface area contributed by atoms with Crippen LogP contribution in [0.4, 0.5) is 0 Å². The van der Waals surface area contributed by atoms with E-state index >= 15 is 0 Å². The molecule has 0 atom stereocenters. The van der Waals surface area contributed by atoms with Gasteiger partial charge in [-0.15, -0.1) is 0 Å². The summed E-state index contributed by atoms with van der Waals surface area (Å²) in [4.78, 5) is 1.50. The van der Waals surface area contributed by atoms with E-state index in [9.17, 15) is 0 Å². The molecule has 0 aromatic heterocycles. The maximum atomic E-state index is 6.75. The van der Waals surface area contributed by atoms with Gasteiger partial charge in [-0.05, 0) is 41.5 Å². The molecule has 0 radical (unpaired) electrons. The first-order valence-corrected chi connectivity index (χ1v) is 6.46. The van der Waals surface area contributed by atoms with Gasteiger partial charge in [0.15, 0.2) is 0 Å². The van der Waals surface area contributed by atoms with Crippen LogP contribution < -0.4 is 0 Å². The maximum Gasteiger partial charge on any atom is 1.00 e. The van der Waals surface area contributed by atoms with Crippen LogP contribution in [0.1, 0.15) is 41.5 Å². The second kappa shape index (κ2) is 11.6. The van der Waals surface area contributed by atoms with Gasteiger partial charge in [-0.1, -0.05) is 0 Å². The molecule has 0 aliphatic carbocycles. The third-order valence-corrected chi connectivity index (χ3v) is 6.00. The van der Waals surface area contributed by atoms with Gasteiger partial charge in [-0.2, -0.15) is 0 Å². The fourth-order valence-electron chi connectivity index (χ4n) is 2.00. The van der Waals surface area contributed by atoms with Gasteiger partial charge in [0.1, 0.15) is 0 Å². The second-order valence-corrected chi connectivity index (χ2v) is 8.52. The van der Waals surface area contributed by atoms with Crippen LogP contribution >= 0.6 is 7.92 Å². The zero-order chi connectivity index (χ0) is 11.0. The molecule has 0 aliphatic rings. The van der Waals surface area contributed by atoms with Crippen molar-refractivity contribution < 1.29 is 22.4 Å². The zero-order valence-electron chi connectivity index (χ0n) is 9.88. The molecular weight excluding hydrogens is 378 g/mol. The Kier molecular flexibility index (Phi) is 16.5. The van der Waals surface area contributed by atoms with Crippen molar-refractivity contribution in [1.29, 1.82) is 0 Å². The van der Waals surface area contributed by atoms with Crippen LogP contribution in [0.15, 0.2) is 0 Å². The van der Waals surface area contributed by atoms with Gasteiger partial charge >= 0.3 is 22.4 Å². The van der Waals surface area contributed by atoms with Crippen LogP contribution in [0, 0.1) is 0 Å². The van der Waals surface area contributed by atoms with Gasteiger partial charge in [-0.3, -0.25) is 4.91 Å². The Bertz CT molecular complexity index is 135.